The van der Waals surface area contributed by atoms with Gasteiger partial charge in [-0.1, -0.05) is 11.6 Å². The number of sulfonamides is 1. The molecule has 0 spiro atoms. The third kappa shape index (κ3) is 2.91. The van der Waals surface area contributed by atoms with E-state index < -0.39 is 10.0 Å². The number of halogens is 1. The molecular formula is C12H15ClN2O3S. The Morgan fingerprint density at radius 1 is 1.47 bits per heavy atom. The first-order chi connectivity index (χ1) is 8.80. The molecule has 2 N–H and O–H groups in total. The maximum absolute atomic E-state index is 12.4. The lowest BCUT2D eigenvalue weighted by Crippen LogP contribution is -2.34. The fraction of sp³-hybridized carbons (Fsp3) is 0.417. The zero-order chi connectivity index (χ0) is 14.2. The summed E-state index contributed by atoms with van der Waals surface area (Å²) in [4.78, 5) is 14.0. The van der Waals surface area contributed by atoms with Crippen molar-refractivity contribution in [3.63, 3.8) is 0 Å². The molecule has 7 heteroatoms. The first-order valence-electron chi connectivity index (χ1n) is 5.94. The molecule has 2 rings (SSSR count). The zero-order valence-electron chi connectivity index (χ0n) is 10.5. The van der Waals surface area contributed by atoms with E-state index in [4.69, 9.17) is 16.7 Å². The van der Waals surface area contributed by atoms with Crippen LogP contribution in [-0.4, -0.2) is 31.8 Å². The Bertz CT molecular complexity index is 615. The van der Waals surface area contributed by atoms with Crippen LogP contribution >= 0.6 is 11.6 Å². The number of hydrogen-bond acceptors (Lipinski definition) is 3. The number of benzene rings is 1. The highest BCUT2D eigenvalue weighted by molar-refractivity contribution is 7.89. The molecule has 0 saturated carbocycles. The average molecular weight is 303 g/mol. The number of primary sulfonamides is 1. The molecule has 1 aliphatic heterocycles. The molecule has 1 saturated heterocycles. The van der Waals surface area contributed by atoms with Crippen molar-refractivity contribution in [2.75, 3.05) is 6.54 Å². The number of nitrogens with two attached hydrogens (primary N) is 1. The Labute approximate surface area is 117 Å². The van der Waals surface area contributed by atoms with Gasteiger partial charge in [-0.3, -0.25) is 4.79 Å². The van der Waals surface area contributed by atoms with Crippen LogP contribution in [0.25, 0.3) is 0 Å². The number of hydrogen-bond donors (Lipinski definition) is 1. The van der Waals surface area contributed by atoms with Crippen LogP contribution in [0.2, 0.25) is 5.02 Å². The molecular weight excluding hydrogens is 288 g/mol. The number of amides is 1. The number of likely N-dealkylation sites (tertiary alicyclic amines) is 1. The van der Waals surface area contributed by atoms with Crippen molar-refractivity contribution in [1.29, 1.82) is 0 Å². The Morgan fingerprint density at radius 3 is 2.68 bits per heavy atom. The standard InChI is InChI=1S/C12H15ClN2O3S/c1-8-3-2-6-15(8)12(16)10-7-9(19(14,17)18)4-5-11(10)13/h4-5,7-8H,2-3,6H2,1H3,(H2,14,17,18). The van der Waals surface area contributed by atoms with Crippen LogP contribution in [0.1, 0.15) is 30.1 Å². The normalized spacial score (nSPS) is 19.7. The molecule has 0 aliphatic carbocycles. The second-order valence-electron chi connectivity index (χ2n) is 4.68. The number of nitrogens with zero attached hydrogens (tertiary/aromatic N) is 1. The van der Waals surface area contributed by atoms with Crippen molar-refractivity contribution in [1.82, 2.24) is 4.90 Å². The van der Waals surface area contributed by atoms with E-state index in [9.17, 15) is 13.2 Å². The van der Waals surface area contributed by atoms with Gasteiger partial charge in [-0.05, 0) is 38.0 Å². The minimum absolute atomic E-state index is 0.105. The molecule has 1 aliphatic rings. The summed E-state index contributed by atoms with van der Waals surface area (Å²) in [6, 6.07) is 4.06. The van der Waals surface area contributed by atoms with Gasteiger partial charge in [0.05, 0.1) is 15.5 Å². The first-order valence-corrected chi connectivity index (χ1v) is 7.86. The maximum Gasteiger partial charge on any atom is 0.255 e. The topological polar surface area (TPSA) is 80.5 Å². The third-order valence-electron chi connectivity index (χ3n) is 3.31. The average Bonchev–Trinajstić information content (AvgIpc) is 2.73. The molecule has 0 aromatic heterocycles. The van der Waals surface area contributed by atoms with E-state index in [1.807, 2.05) is 6.92 Å². The van der Waals surface area contributed by atoms with Crippen LogP contribution in [0.3, 0.4) is 0 Å². The minimum atomic E-state index is -3.84. The Hall–Kier alpha value is -1.11. The first kappa shape index (κ1) is 14.3. The van der Waals surface area contributed by atoms with Crippen molar-refractivity contribution in [2.45, 2.75) is 30.7 Å². The van der Waals surface area contributed by atoms with Gasteiger partial charge >= 0.3 is 0 Å². The molecule has 0 radical (unpaired) electrons. The minimum Gasteiger partial charge on any atom is -0.336 e. The zero-order valence-corrected chi connectivity index (χ0v) is 12.0. The van der Waals surface area contributed by atoms with E-state index in [2.05, 4.69) is 0 Å². The van der Waals surface area contributed by atoms with Crippen LogP contribution in [-0.2, 0) is 10.0 Å². The molecule has 1 fully saturated rings. The van der Waals surface area contributed by atoms with Crippen LogP contribution in [0, 0.1) is 0 Å². The van der Waals surface area contributed by atoms with E-state index in [1.165, 1.54) is 18.2 Å². The lowest BCUT2D eigenvalue weighted by molar-refractivity contribution is 0.0747. The number of carbonyl (C=O) groups is 1. The summed E-state index contributed by atoms with van der Waals surface area (Å²) in [5.41, 5.74) is 0.182. The highest BCUT2D eigenvalue weighted by Crippen LogP contribution is 2.25. The summed E-state index contributed by atoms with van der Waals surface area (Å²) in [5.74, 6) is -0.250. The van der Waals surface area contributed by atoms with Gasteiger partial charge in [-0.15, -0.1) is 0 Å². The van der Waals surface area contributed by atoms with Crippen molar-refractivity contribution in [3.8, 4) is 0 Å². The molecule has 1 atom stereocenters. The van der Waals surface area contributed by atoms with Crippen molar-refractivity contribution in [3.05, 3.63) is 28.8 Å². The highest BCUT2D eigenvalue weighted by atomic mass is 35.5. The summed E-state index contributed by atoms with van der Waals surface area (Å²) in [6.45, 7) is 2.62. The predicted octanol–water partition coefficient (Wildman–Crippen LogP) is 1.61. The molecule has 1 unspecified atom stereocenters. The molecule has 5 nitrogen and oxygen atoms in total. The van der Waals surface area contributed by atoms with Gasteiger partial charge < -0.3 is 4.90 Å². The van der Waals surface area contributed by atoms with E-state index >= 15 is 0 Å². The van der Waals surface area contributed by atoms with Gasteiger partial charge in [0.2, 0.25) is 10.0 Å². The Morgan fingerprint density at radius 2 is 2.16 bits per heavy atom. The molecule has 1 heterocycles. The largest absolute Gasteiger partial charge is 0.336 e. The maximum atomic E-state index is 12.4. The number of rotatable bonds is 2. The monoisotopic (exact) mass is 302 g/mol. The fourth-order valence-corrected chi connectivity index (χ4v) is 2.97. The molecule has 1 aromatic carbocycles. The molecule has 1 amide bonds. The highest BCUT2D eigenvalue weighted by Gasteiger charge is 2.28. The van der Waals surface area contributed by atoms with Gasteiger partial charge in [-0.2, -0.15) is 0 Å². The van der Waals surface area contributed by atoms with E-state index in [1.54, 1.807) is 4.90 Å². The SMILES string of the molecule is CC1CCCN1C(=O)c1cc(S(N)(=O)=O)ccc1Cl. The van der Waals surface area contributed by atoms with Crippen molar-refractivity contribution < 1.29 is 13.2 Å². The summed E-state index contributed by atoms with van der Waals surface area (Å²) >= 11 is 5.98. The molecule has 104 valence electrons. The quantitative estimate of drug-likeness (QED) is 0.901. The van der Waals surface area contributed by atoms with Crippen LogP contribution in [0.4, 0.5) is 0 Å². The summed E-state index contributed by atoms with van der Waals surface area (Å²) < 4.78 is 22.6. The van der Waals surface area contributed by atoms with E-state index in [0.29, 0.717) is 6.54 Å². The predicted molar refractivity (Wildman–Crippen MR) is 72.6 cm³/mol. The second-order valence-corrected chi connectivity index (χ2v) is 6.65. The fourth-order valence-electron chi connectivity index (χ4n) is 2.23. The lowest BCUT2D eigenvalue weighted by atomic mass is 10.2. The molecule has 0 bridgehead atoms. The number of carbonyl (C=O) groups excluding carboxylic acids is 1. The van der Waals surface area contributed by atoms with Crippen molar-refractivity contribution >= 4 is 27.5 Å². The summed E-state index contributed by atoms with van der Waals surface area (Å²) in [6.07, 6.45) is 1.89. The Kier molecular flexibility index (Phi) is 3.85. The lowest BCUT2D eigenvalue weighted by Gasteiger charge is -2.22. The smallest absolute Gasteiger partial charge is 0.255 e. The summed E-state index contributed by atoms with van der Waals surface area (Å²) in [7, 11) is -3.84. The summed E-state index contributed by atoms with van der Waals surface area (Å²) in [5, 5.41) is 5.29. The molecule has 1 aromatic rings. The van der Waals surface area contributed by atoms with Crippen molar-refractivity contribution in [2.24, 2.45) is 5.14 Å². The van der Waals surface area contributed by atoms with E-state index in [-0.39, 0.29) is 27.4 Å². The van der Waals surface area contributed by atoms with Crippen LogP contribution in [0.5, 0.6) is 0 Å². The third-order valence-corrected chi connectivity index (χ3v) is 4.55. The Balaban J connectivity index is 2.41. The van der Waals surface area contributed by atoms with Gasteiger partial charge in [0.1, 0.15) is 0 Å². The molecule has 19 heavy (non-hydrogen) atoms. The van der Waals surface area contributed by atoms with Gasteiger partial charge in [0.25, 0.3) is 5.91 Å². The van der Waals surface area contributed by atoms with Gasteiger partial charge in [0, 0.05) is 12.6 Å². The van der Waals surface area contributed by atoms with Gasteiger partial charge in [-0.25, -0.2) is 13.6 Å². The van der Waals surface area contributed by atoms with Crippen LogP contribution < -0.4 is 5.14 Å². The van der Waals surface area contributed by atoms with Gasteiger partial charge in [0.15, 0.2) is 0 Å². The van der Waals surface area contributed by atoms with Crippen LogP contribution in [0.15, 0.2) is 23.1 Å². The second kappa shape index (κ2) is 5.11. The van der Waals surface area contributed by atoms with E-state index in [0.717, 1.165) is 12.8 Å².